The monoisotopic (exact) mass is 340 g/mol. The Balaban J connectivity index is 2.22. The number of halogens is 1. The van der Waals surface area contributed by atoms with Crippen LogP contribution in [0.2, 0.25) is 0 Å². The van der Waals surface area contributed by atoms with E-state index in [4.69, 9.17) is 4.74 Å². The molecule has 19 heavy (non-hydrogen) atoms. The summed E-state index contributed by atoms with van der Waals surface area (Å²) in [6.07, 6.45) is 0.396. The van der Waals surface area contributed by atoms with E-state index in [1.165, 1.54) is 0 Å². The Labute approximate surface area is 126 Å². The highest BCUT2D eigenvalue weighted by Gasteiger charge is 2.15. The number of hydrogen-bond acceptors (Lipinski definition) is 3. The molecule has 1 aromatic heterocycles. The highest BCUT2D eigenvalue weighted by atomic mass is 79.9. The van der Waals surface area contributed by atoms with E-state index < -0.39 is 6.10 Å². The van der Waals surface area contributed by atoms with Crippen molar-refractivity contribution in [2.75, 3.05) is 6.61 Å². The number of aryl methyl sites for hydroxylation is 1. The molecule has 0 fully saturated rings. The van der Waals surface area contributed by atoms with E-state index in [1.807, 2.05) is 35.9 Å². The standard InChI is InChI=1S/C15H17BrO2S/c1-3-6-18-14-5-4-11(7-13(14)16)15(17)12-9-19-8-10(12)2/h4-5,7-9,15,17H,3,6H2,1-2H3. The fourth-order valence-electron chi connectivity index (χ4n) is 1.85. The van der Waals surface area contributed by atoms with E-state index in [0.717, 1.165) is 33.3 Å². The zero-order valence-electron chi connectivity index (χ0n) is 11.0. The van der Waals surface area contributed by atoms with Gasteiger partial charge in [0.25, 0.3) is 0 Å². The molecule has 1 unspecified atom stereocenters. The van der Waals surface area contributed by atoms with Crippen molar-refractivity contribution in [3.8, 4) is 5.75 Å². The number of hydrogen-bond donors (Lipinski definition) is 1. The van der Waals surface area contributed by atoms with Crippen molar-refractivity contribution in [1.29, 1.82) is 0 Å². The second kappa shape index (κ2) is 6.55. The third kappa shape index (κ3) is 3.38. The molecule has 2 nitrogen and oxygen atoms in total. The van der Waals surface area contributed by atoms with Crippen LogP contribution in [-0.2, 0) is 0 Å². The first-order valence-corrected chi connectivity index (χ1v) is 8.00. The summed E-state index contributed by atoms with van der Waals surface area (Å²) in [6, 6.07) is 5.74. The molecular formula is C15H17BrO2S. The molecule has 0 radical (unpaired) electrons. The van der Waals surface area contributed by atoms with Crippen LogP contribution in [0, 0.1) is 6.92 Å². The minimum atomic E-state index is -0.581. The first kappa shape index (κ1) is 14.6. The Bertz CT molecular complexity index is 551. The number of aliphatic hydroxyl groups is 1. The largest absolute Gasteiger partial charge is 0.492 e. The summed E-state index contributed by atoms with van der Waals surface area (Å²) in [5.74, 6) is 0.819. The van der Waals surface area contributed by atoms with Crippen molar-refractivity contribution in [2.24, 2.45) is 0 Å². The second-order valence-electron chi connectivity index (χ2n) is 4.45. The van der Waals surface area contributed by atoms with Gasteiger partial charge in [-0.3, -0.25) is 0 Å². The van der Waals surface area contributed by atoms with Gasteiger partial charge in [0.2, 0.25) is 0 Å². The van der Waals surface area contributed by atoms with Gasteiger partial charge in [-0.05, 0) is 68.9 Å². The van der Waals surface area contributed by atoms with E-state index in [2.05, 4.69) is 22.9 Å². The van der Waals surface area contributed by atoms with Gasteiger partial charge in [0, 0.05) is 0 Å². The van der Waals surface area contributed by atoms with E-state index >= 15 is 0 Å². The van der Waals surface area contributed by atoms with Crippen LogP contribution in [0.15, 0.2) is 33.4 Å². The molecule has 0 aliphatic heterocycles. The number of thiophene rings is 1. The van der Waals surface area contributed by atoms with Crippen LogP contribution in [0.25, 0.3) is 0 Å². The predicted molar refractivity (Wildman–Crippen MR) is 83.0 cm³/mol. The lowest BCUT2D eigenvalue weighted by Crippen LogP contribution is -2.01. The summed E-state index contributed by atoms with van der Waals surface area (Å²) in [4.78, 5) is 0. The quantitative estimate of drug-likeness (QED) is 0.855. The molecule has 1 aromatic carbocycles. The highest BCUT2D eigenvalue weighted by molar-refractivity contribution is 9.10. The molecule has 0 bridgehead atoms. The van der Waals surface area contributed by atoms with Crippen LogP contribution in [0.3, 0.4) is 0 Å². The van der Waals surface area contributed by atoms with Crippen molar-refractivity contribution in [3.63, 3.8) is 0 Å². The third-order valence-electron chi connectivity index (χ3n) is 2.92. The lowest BCUT2D eigenvalue weighted by Gasteiger charge is -2.13. The van der Waals surface area contributed by atoms with Gasteiger partial charge in [-0.2, -0.15) is 11.3 Å². The average Bonchev–Trinajstić information content (AvgIpc) is 2.82. The maximum atomic E-state index is 10.4. The van der Waals surface area contributed by atoms with Crippen LogP contribution >= 0.6 is 27.3 Å². The molecule has 1 N–H and O–H groups in total. The maximum absolute atomic E-state index is 10.4. The summed E-state index contributed by atoms with van der Waals surface area (Å²) >= 11 is 5.11. The Morgan fingerprint density at radius 3 is 2.74 bits per heavy atom. The zero-order valence-corrected chi connectivity index (χ0v) is 13.4. The van der Waals surface area contributed by atoms with Crippen LogP contribution < -0.4 is 4.74 Å². The number of ether oxygens (including phenoxy) is 1. The third-order valence-corrected chi connectivity index (χ3v) is 4.42. The van der Waals surface area contributed by atoms with E-state index in [0.29, 0.717) is 6.61 Å². The van der Waals surface area contributed by atoms with Gasteiger partial charge in [0.1, 0.15) is 11.9 Å². The summed E-state index contributed by atoms with van der Waals surface area (Å²) < 4.78 is 6.49. The number of rotatable bonds is 5. The summed E-state index contributed by atoms with van der Waals surface area (Å²) in [7, 11) is 0. The molecule has 4 heteroatoms. The summed E-state index contributed by atoms with van der Waals surface area (Å²) in [6.45, 7) is 4.79. The van der Waals surface area contributed by atoms with Crippen molar-refractivity contribution >= 4 is 27.3 Å². The first-order valence-electron chi connectivity index (χ1n) is 6.26. The molecule has 0 spiro atoms. The Hall–Kier alpha value is -0.840. The predicted octanol–water partition coefficient (Wildman–Crippen LogP) is 4.69. The highest BCUT2D eigenvalue weighted by Crippen LogP contribution is 2.32. The van der Waals surface area contributed by atoms with Crippen molar-refractivity contribution in [3.05, 3.63) is 50.1 Å². The number of benzene rings is 1. The molecule has 0 saturated carbocycles. The van der Waals surface area contributed by atoms with E-state index in [9.17, 15) is 5.11 Å². The van der Waals surface area contributed by atoms with Gasteiger partial charge >= 0.3 is 0 Å². The lowest BCUT2D eigenvalue weighted by molar-refractivity contribution is 0.220. The molecule has 1 atom stereocenters. The van der Waals surface area contributed by atoms with E-state index in [-0.39, 0.29) is 0 Å². The molecule has 1 heterocycles. The molecule has 2 rings (SSSR count). The Kier molecular flexibility index (Phi) is 5.02. The van der Waals surface area contributed by atoms with Crippen molar-refractivity contribution < 1.29 is 9.84 Å². The normalized spacial score (nSPS) is 12.4. The van der Waals surface area contributed by atoms with Gasteiger partial charge < -0.3 is 9.84 Å². The van der Waals surface area contributed by atoms with Crippen molar-refractivity contribution in [2.45, 2.75) is 26.4 Å². The van der Waals surface area contributed by atoms with Crippen LogP contribution in [0.5, 0.6) is 5.75 Å². The van der Waals surface area contributed by atoms with Gasteiger partial charge in [0.15, 0.2) is 0 Å². The summed E-state index contributed by atoms with van der Waals surface area (Å²) in [5, 5.41) is 14.4. The molecule has 2 aromatic rings. The Morgan fingerprint density at radius 1 is 1.37 bits per heavy atom. The van der Waals surface area contributed by atoms with Crippen molar-refractivity contribution in [1.82, 2.24) is 0 Å². The van der Waals surface area contributed by atoms with Gasteiger partial charge in [-0.25, -0.2) is 0 Å². The van der Waals surface area contributed by atoms with Gasteiger partial charge in [0.05, 0.1) is 11.1 Å². The maximum Gasteiger partial charge on any atom is 0.133 e. The SMILES string of the molecule is CCCOc1ccc(C(O)c2cscc2C)cc1Br. The van der Waals surface area contributed by atoms with Gasteiger partial charge in [-0.15, -0.1) is 0 Å². The molecular weight excluding hydrogens is 324 g/mol. The lowest BCUT2D eigenvalue weighted by atomic mass is 10.0. The van der Waals surface area contributed by atoms with Crippen LogP contribution in [0.1, 0.15) is 36.1 Å². The fourth-order valence-corrected chi connectivity index (χ4v) is 3.23. The minimum Gasteiger partial charge on any atom is -0.492 e. The molecule has 0 aliphatic rings. The summed E-state index contributed by atoms with van der Waals surface area (Å²) in [5.41, 5.74) is 2.97. The first-order chi connectivity index (χ1) is 9.13. The fraction of sp³-hybridized carbons (Fsp3) is 0.333. The molecule has 0 amide bonds. The van der Waals surface area contributed by atoms with Crippen LogP contribution in [0.4, 0.5) is 0 Å². The minimum absolute atomic E-state index is 0.581. The smallest absolute Gasteiger partial charge is 0.133 e. The van der Waals surface area contributed by atoms with Crippen LogP contribution in [-0.4, -0.2) is 11.7 Å². The Morgan fingerprint density at radius 2 is 2.16 bits per heavy atom. The molecule has 102 valence electrons. The number of aliphatic hydroxyl groups excluding tert-OH is 1. The topological polar surface area (TPSA) is 29.5 Å². The molecule has 0 saturated heterocycles. The van der Waals surface area contributed by atoms with Gasteiger partial charge in [-0.1, -0.05) is 13.0 Å². The van der Waals surface area contributed by atoms with E-state index in [1.54, 1.807) is 11.3 Å². The average molecular weight is 341 g/mol. The zero-order chi connectivity index (χ0) is 13.8. The second-order valence-corrected chi connectivity index (χ2v) is 6.05. The molecule has 0 aliphatic carbocycles.